The minimum Gasteiger partial charge on any atom is -0.463 e. The number of hydrogen-bond donors (Lipinski definition) is 0. The number of allylic oxidation sites excluding steroid dienone is 1. The Labute approximate surface area is 210 Å². The molecule has 3 aliphatic rings. The molecule has 0 radical (unpaired) electrons. The largest absolute Gasteiger partial charge is 0.463 e. The predicted molar refractivity (Wildman–Crippen MR) is 131 cm³/mol. The van der Waals surface area contributed by atoms with Crippen molar-refractivity contribution in [3.05, 3.63) is 61.9 Å². The number of hydrogen-bond acceptors (Lipinski definition) is 8. The second-order valence-electron chi connectivity index (χ2n) is 8.53. The van der Waals surface area contributed by atoms with E-state index in [0.717, 1.165) is 67.9 Å². The normalized spacial score (nSPS) is 23.1. The van der Waals surface area contributed by atoms with Gasteiger partial charge in [-0.3, -0.25) is 9.89 Å². The average Bonchev–Trinajstić information content (AvgIpc) is 3.49. The average molecular weight is 549 g/mol. The molecule has 10 heteroatoms. The third-order valence-corrected chi connectivity index (χ3v) is 7.79. The van der Waals surface area contributed by atoms with Gasteiger partial charge in [0, 0.05) is 47.9 Å². The van der Waals surface area contributed by atoms with Crippen LogP contribution in [0.5, 0.6) is 0 Å². The summed E-state index contributed by atoms with van der Waals surface area (Å²) in [6.45, 7) is 7.08. The molecular weight excluding hydrogens is 523 g/mol. The van der Waals surface area contributed by atoms with Gasteiger partial charge >= 0.3 is 5.97 Å². The van der Waals surface area contributed by atoms with Gasteiger partial charge in [0.15, 0.2) is 10.8 Å². The third kappa shape index (κ3) is 4.68. The molecule has 2 saturated heterocycles. The molecule has 2 atom stereocenters. The van der Waals surface area contributed by atoms with Crippen LogP contribution in [0.25, 0.3) is 0 Å². The van der Waals surface area contributed by atoms with Crippen molar-refractivity contribution in [3.8, 4) is 0 Å². The van der Waals surface area contributed by atoms with Crippen LogP contribution in [0, 0.1) is 11.7 Å². The van der Waals surface area contributed by atoms with Crippen molar-refractivity contribution in [1.82, 2.24) is 14.8 Å². The standard InChI is InChI=1S/C24H26BrFN4O3S/c1-2-33-24(31)20-19-11-15(13-29-6-8-32-9-7-29)14-30(19)22(23-27-5-10-34-23)28-21(20)17-4-3-16(26)12-18(17)25/h3-5,10,12,15,21H,2,6-9,11,13-14H2,1H3. The highest BCUT2D eigenvalue weighted by Gasteiger charge is 2.42. The van der Waals surface area contributed by atoms with Gasteiger partial charge in [-0.15, -0.1) is 11.3 Å². The summed E-state index contributed by atoms with van der Waals surface area (Å²) < 4.78 is 25.4. The second-order valence-corrected chi connectivity index (χ2v) is 10.3. The third-order valence-electron chi connectivity index (χ3n) is 6.34. The zero-order valence-corrected chi connectivity index (χ0v) is 21.3. The van der Waals surface area contributed by atoms with Crippen molar-refractivity contribution in [3.63, 3.8) is 0 Å². The van der Waals surface area contributed by atoms with E-state index in [2.05, 4.69) is 30.7 Å². The van der Waals surface area contributed by atoms with Crippen molar-refractivity contribution in [2.24, 2.45) is 10.9 Å². The van der Waals surface area contributed by atoms with Crippen LogP contribution in [-0.4, -0.2) is 72.6 Å². The number of halogens is 2. The van der Waals surface area contributed by atoms with Gasteiger partial charge in [-0.1, -0.05) is 22.0 Å². The van der Waals surface area contributed by atoms with Gasteiger partial charge < -0.3 is 14.4 Å². The van der Waals surface area contributed by atoms with Gasteiger partial charge in [-0.2, -0.15) is 0 Å². The van der Waals surface area contributed by atoms with Gasteiger partial charge in [-0.25, -0.2) is 14.2 Å². The van der Waals surface area contributed by atoms with Crippen LogP contribution in [0.3, 0.4) is 0 Å². The Bertz CT molecular complexity index is 1120. The fourth-order valence-corrected chi connectivity index (χ4v) is 6.07. The Balaban J connectivity index is 1.58. The lowest BCUT2D eigenvalue weighted by Gasteiger charge is -2.32. The first-order valence-corrected chi connectivity index (χ1v) is 13.1. The first-order chi connectivity index (χ1) is 16.5. The zero-order valence-electron chi connectivity index (χ0n) is 18.9. The van der Waals surface area contributed by atoms with Crippen LogP contribution in [-0.2, 0) is 14.3 Å². The Morgan fingerprint density at radius 1 is 1.35 bits per heavy atom. The molecule has 1 aromatic carbocycles. The van der Waals surface area contributed by atoms with Crippen LogP contribution < -0.4 is 0 Å². The Kier molecular flexibility index (Phi) is 7.10. The number of amidine groups is 1. The molecule has 0 amide bonds. The van der Waals surface area contributed by atoms with Gasteiger partial charge in [0.1, 0.15) is 11.9 Å². The molecule has 0 aliphatic carbocycles. The van der Waals surface area contributed by atoms with Gasteiger partial charge in [0.25, 0.3) is 0 Å². The molecule has 0 saturated carbocycles. The van der Waals surface area contributed by atoms with Gasteiger partial charge in [0.05, 0.1) is 25.4 Å². The van der Waals surface area contributed by atoms with Crippen molar-refractivity contribution in [1.29, 1.82) is 0 Å². The summed E-state index contributed by atoms with van der Waals surface area (Å²) in [4.78, 5) is 27.4. The van der Waals surface area contributed by atoms with E-state index in [4.69, 9.17) is 14.5 Å². The number of thiazole rings is 1. The topological polar surface area (TPSA) is 67.3 Å². The highest BCUT2D eigenvalue weighted by Crippen LogP contribution is 2.44. The summed E-state index contributed by atoms with van der Waals surface area (Å²) in [5.41, 5.74) is 2.18. The fourth-order valence-electron chi connectivity index (χ4n) is 4.86. The summed E-state index contributed by atoms with van der Waals surface area (Å²) in [7, 11) is 0. The van der Waals surface area contributed by atoms with Crippen LogP contribution >= 0.6 is 27.3 Å². The summed E-state index contributed by atoms with van der Waals surface area (Å²) in [5, 5.41) is 2.72. The van der Waals surface area contributed by atoms with E-state index in [1.807, 2.05) is 5.38 Å². The van der Waals surface area contributed by atoms with E-state index >= 15 is 0 Å². The summed E-state index contributed by atoms with van der Waals surface area (Å²) in [6.07, 6.45) is 2.50. The van der Waals surface area contributed by atoms with E-state index in [-0.39, 0.29) is 18.4 Å². The molecular formula is C24H26BrFN4O3S. The smallest absolute Gasteiger partial charge is 0.338 e. The van der Waals surface area contributed by atoms with Gasteiger partial charge in [-0.05, 0) is 37.0 Å². The van der Waals surface area contributed by atoms with E-state index in [9.17, 15) is 9.18 Å². The summed E-state index contributed by atoms with van der Waals surface area (Å²) >= 11 is 5.01. The lowest BCUT2D eigenvalue weighted by atomic mass is 9.93. The first-order valence-electron chi connectivity index (χ1n) is 11.5. The van der Waals surface area contributed by atoms with Crippen molar-refractivity contribution < 1.29 is 18.7 Å². The highest BCUT2D eigenvalue weighted by molar-refractivity contribution is 9.10. The molecule has 0 N–H and O–H groups in total. The number of aromatic nitrogens is 1. The summed E-state index contributed by atoms with van der Waals surface area (Å²) in [5.74, 6) is 0.355. The van der Waals surface area contributed by atoms with Crippen LogP contribution in [0.2, 0.25) is 0 Å². The zero-order chi connectivity index (χ0) is 23.7. The number of rotatable bonds is 6. The minimum atomic E-state index is -0.610. The number of morpholine rings is 1. The van der Waals surface area contributed by atoms with Crippen LogP contribution in [0.15, 0.2) is 50.5 Å². The lowest BCUT2D eigenvalue weighted by molar-refractivity contribution is -0.139. The Hall–Kier alpha value is -2.14. The minimum absolute atomic E-state index is 0.271. The van der Waals surface area contributed by atoms with E-state index in [1.54, 1.807) is 19.2 Å². The molecule has 2 unspecified atom stereocenters. The monoisotopic (exact) mass is 548 g/mol. The summed E-state index contributed by atoms with van der Waals surface area (Å²) in [6, 6.07) is 3.88. The molecule has 3 aliphatic heterocycles. The molecule has 2 fully saturated rings. The van der Waals surface area contributed by atoms with E-state index < -0.39 is 6.04 Å². The molecule has 4 heterocycles. The number of benzene rings is 1. The molecule has 0 spiro atoms. The second kappa shape index (κ2) is 10.2. The Morgan fingerprint density at radius 2 is 2.18 bits per heavy atom. The molecule has 34 heavy (non-hydrogen) atoms. The van der Waals surface area contributed by atoms with Gasteiger partial charge in [0.2, 0.25) is 0 Å². The van der Waals surface area contributed by atoms with E-state index in [1.165, 1.54) is 23.5 Å². The first kappa shape index (κ1) is 23.6. The lowest BCUT2D eigenvalue weighted by Crippen LogP contribution is -2.40. The molecule has 7 nitrogen and oxygen atoms in total. The molecule has 1 aromatic heterocycles. The molecule has 2 aromatic rings. The number of esters is 1. The Morgan fingerprint density at radius 3 is 2.88 bits per heavy atom. The highest BCUT2D eigenvalue weighted by atomic mass is 79.9. The predicted octanol–water partition coefficient (Wildman–Crippen LogP) is 4.02. The number of carbonyl (C=O) groups is 1. The number of aliphatic imine (C=N–C) groups is 1. The fraction of sp³-hybridized carbons (Fsp3) is 0.458. The van der Waals surface area contributed by atoms with Crippen LogP contribution in [0.4, 0.5) is 4.39 Å². The van der Waals surface area contributed by atoms with Crippen molar-refractivity contribution in [2.45, 2.75) is 19.4 Å². The quantitative estimate of drug-likeness (QED) is 0.508. The van der Waals surface area contributed by atoms with Crippen molar-refractivity contribution >= 4 is 39.1 Å². The number of fused-ring (bicyclic) bond motifs is 1. The maximum atomic E-state index is 13.9. The van der Waals surface area contributed by atoms with Crippen molar-refractivity contribution in [2.75, 3.05) is 46.0 Å². The number of carbonyl (C=O) groups excluding carboxylic acids is 1. The van der Waals surface area contributed by atoms with Crippen LogP contribution in [0.1, 0.15) is 30.0 Å². The molecule has 180 valence electrons. The maximum Gasteiger partial charge on any atom is 0.338 e. The molecule has 0 bridgehead atoms. The van der Waals surface area contributed by atoms with E-state index in [0.29, 0.717) is 16.0 Å². The number of ether oxygens (including phenoxy) is 2. The molecule has 5 rings (SSSR count). The number of nitrogens with zero attached hydrogens (tertiary/aromatic N) is 4. The maximum absolute atomic E-state index is 13.9. The SMILES string of the molecule is CCOC(=O)C1=C2CC(CN3CCOCC3)CN2C(c2nccs2)=NC1c1ccc(F)cc1Br.